The van der Waals surface area contributed by atoms with Crippen molar-refractivity contribution in [1.29, 1.82) is 0 Å². The maximum absolute atomic E-state index is 11.2. The lowest BCUT2D eigenvalue weighted by Gasteiger charge is -2.28. The Hall–Kier alpha value is -3.12. The molecule has 4 rings (SSSR count). The van der Waals surface area contributed by atoms with Crippen LogP contribution < -0.4 is 10.6 Å². The molecular formula is C21H16BrN3O2. The van der Waals surface area contributed by atoms with Crippen LogP contribution in [0.25, 0.3) is 5.70 Å². The maximum atomic E-state index is 11.2. The molecule has 1 aliphatic carbocycles. The van der Waals surface area contributed by atoms with E-state index in [1.165, 1.54) is 0 Å². The van der Waals surface area contributed by atoms with Gasteiger partial charge in [0.15, 0.2) is 0 Å². The van der Waals surface area contributed by atoms with E-state index in [0.29, 0.717) is 11.6 Å². The number of aliphatic imine (C=N–C) groups is 1. The first-order valence-corrected chi connectivity index (χ1v) is 9.19. The number of nitrogens with one attached hydrogen (secondary N) is 2. The maximum Gasteiger partial charge on any atom is 0.335 e. The fourth-order valence-electron chi connectivity index (χ4n) is 3.04. The molecule has 134 valence electrons. The van der Waals surface area contributed by atoms with Gasteiger partial charge < -0.3 is 15.7 Å². The molecule has 0 radical (unpaired) electrons. The highest BCUT2D eigenvalue weighted by Crippen LogP contribution is 2.31. The van der Waals surface area contributed by atoms with Gasteiger partial charge in [-0.1, -0.05) is 58.4 Å². The van der Waals surface area contributed by atoms with Crippen molar-refractivity contribution in [2.75, 3.05) is 5.32 Å². The smallest absolute Gasteiger partial charge is 0.335 e. The third-order valence-corrected chi connectivity index (χ3v) is 4.78. The summed E-state index contributed by atoms with van der Waals surface area (Å²) in [6.07, 6.45) is 6.07. The highest BCUT2D eigenvalue weighted by atomic mass is 79.9. The minimum Gasteiger partial charge on any atom is -0.478 e. The fraction of sp³-hybridized carbons (Fsp3) is 0.0476. The number of carboxylic acids is 1. The predicted molar refractivity (Wildman–Crippen MR) is 111 cm³/mol. The van der Waals surface area contributed by atoms with E-state index in [-0.39, 0.29) is 11.6 Å². The first-order chi connectivity index (χ1) is 13.1. The van der Waals surface area contributed by atoms with Gasteiger partial charge in [-0.05, 0) is 35.9 Å². The van der Waals surface area contributed by atoms with E-state index in [1.54, 1.807) is 18.2 Å². The Morgan fingerprint density at radius 2 is 1.96 bits per heavy atom. The molecule has 0 bridgehead atoms. The van der Waals surface area contributed by atoms with Crippen LogP contribution in [-0.2, 0) is 0 Å². The number of rotatable bonds is 3. The summed E-state index contributed by atoms with van der Waals surface area (Å²) in [7, 11) is 0. The van der Waals surface area contributed by atoms with Crippen LogP contribution in [0.5, 0.6) is 0 Å². The van der Waals surface area contributed by atoms with Gasteiger partial charge >= 0.3 is 5.97 Å². The summed E-state index contributed by atoms with van der Waals surface area (Å²) in [6, 6.07) is 16.6. The molecule has 27 heavy (non-hydrogen) atoms. The molecule has 2 aromatic rings. The summed E-state index contributed by atoms with van der Waals surface area (Å²) in [6.45, 7) is 0. The van der Waals surface area contributed by atoms with Crippen molar-refractivity contribution in [3.05, 3.63) is 94.0 Å². The molecule has 5 nitrogen and oxygen atoms in total. The highest BCUT2D eigenvalue weighted by molar-refractivity contribution is 9.11. The number of allylic oxidation sites excluding steroid dienone is 2. The SMILES string of the molecule is O=C(O)c1cccc(NC2=N[C@@H]3C=CC(Br)=CC3=C(c3ccccc3)N2)c1. The second-order valence-corrected chi connectivity index (χ2v) is 7.06. The molecule has 0 saturated heterocycles. The Morgan fingerprint density at radius 3 is 2.74 bits per heavy atom. The number of fused-ring (bicyclic) bond motifs is 1. The molecule has 0 spiro atoms. The Balaban J connectivity index is 1.68. The second-order valence-electron chi connectivity index (χ2n) is 6.14. The number of benzene rings is 2. The van der Waals surface area contributed by atoms with Crippen LogP contribution in [0, 0.1) is 0 Å². The Bertz CT molecular complexity index is 1020. The topological polar surface area (TPSA) is 73.7 Å². The summed E-state index contributed by atoms with van der Waals surface area (Å²) < 4.78 is 0.991. The summed E-state index contributed by atoms with van der Waals surface area (Å²) in [5.41, 5.74) is 3.97. The fourth-order valence-corrected chi connectivity index (χ4v) is 3.44. The molecule has 6 heteroatoms. The number of nitrogens with zero attached hydrogens (tertiary/aromatic N) is 1. The van der Waals surface area contributed by atoms with Crippen LogP contribution in [0.1, 0.15) is 15.9 Å². The largest absolute Gasteiger partial charge is 0.478 e. The van der Waals surface area contributed by atoms with Crippen molar-refractivity contribution >= 4 is 39.2 Å². The van der Waals surface area contributed by atoms with Crippen LogP contribution >= 0.6 is 15.9 Å². The number of carboxylic acid groups (broad SMARTS) is 1. The number of anilines is 1. The van der Waals surface area contributed by atoms with Crippen LogP contribution in [0.3, 0.4) is 0 Å². The van der Waals surface area contributed by atoms with Crippen molar-refractivity contribution in [3.8, 4) is 0 Å². The molecule has 0 aromatic heterocycles. The quantitative estimate of drug-likeness (QED) is 0.686. The third kappa shape index (κ3) is 3.71. The lowest BCUT2D eigenvalue weighted by Crippen LogP contribution is -2.36. The molecule has 0 saturated carbocycles. The molecule has 0 fully saturated rings. The van der Waals surface area contributed by atoms with E-state index in [4.69, 9.17) is 4.99 Å². The number of guanidine groups is 1. The van der Waals surface area contributed by atoms with Crippen molar-refractivity contribution < 1.29 is 9.90 Å². The molecule has 2 aromatic carbocycles. The Kier molecular flexibility index (Phi) is 4.64. The van der Waals surface area contributed by atoms with Gasteiger partial charge in [-0.2, -0.15) is 0 Å². The van der Waals surface area contributed by atoms with Crippen molar-refractivity contribution in [2.24, 2.45) is 4.99 Å². The van der Waals surface area contributed by atoms with Gasteiger partial charge in [0, 0.05) is 15.7 Å². The number of carbonyl (C=O) groups is 1. The minimum absolute atomic E-state index is 0.118. The zero-order valence-corrected chi connectivity index (χ0v) is 15.8. The van der Waals surface area contributed by atoms with Crippen LogP contribution in [-0.4, -0.2) is 23.1 Å². The monoisotopic (exact) mass is 421 g/mol. The predicted octanol–water partition coefficient (Wildman–Crippen LogP) is 4.38. The van der Waals surface area contributed by atoms with E-state index in [0.717, 1.165) is 21.3 Å². The van der Waals surface area contributed by atoms with Crippen LogP contribution in [0.15, 0.2) is 87.9 Å². The van der Waals surface area contributed by atoms with E-state index in [1.807, 2.05) is 48.6 Å². The second kappa shape index (κ2) is 7.25. The minimum atomic E-state index is -0.963. The van der Waals surface area contributed by atoms with Gasteiger partial charge in [0.1, 0.15) is 0 Å². The highest BCUT2D eigenvalue weighted by Gasteiger charge is 2.24. The first-order valence-electron chi connectivity index (χ1n) is 8.40. The summed E-state index contributed by atoms with van der Waals surface area (Å²) in [5, 5.41) is 15.7. The average Bonchev–Trinajstić information content (AvgIpc) is 2.68. The zero-order valence-electron chi connectivity index (χ0n) is 14.2. The molecule has 0 amide bonds. The zero-order chi connectivity index (χ0) is 18.8. The third-order valence-electron chi connectivity index (χ3n) is 4.28. The number of hydrogen-bond acceptors (Lipinski definition) is 4. The van der Waals surface area contributed by atoms with Crippen LogP contribution in [0.4, 0.5) is 5.69 Å². The van der Waals surface area contributed by atoms with Gasteiger partial charge in [0.2, 0.25) is 5.96 Å². The van der Waals surface area contributed by atoms with Gasteiger partial charge in [0.25, 0.3) is 0 Å². The van der Waals surface area contributed by atoms with Gasteiger partial charge in [-0.15, -0.1) is 0 Å². The number of hydrogen-bond donors (Lipinski definition) is 3. The number of aromatic carboxylic acids is 1. The first kappa shape index (κ1) is 17.3. The molecular weight excluding hydrogens is 406 g/mol. The molecule has 1 atom stereocenters. The van der Waals surface area contributed by atoms with E-state index in [9.17, 15) is 9.90 Å². The summed E-state index contributed by atoms with van der Waals surface area (Å²) in [5.74, 6) is -0.393. The van der Waals surface area contributed by atoms with Crippen molar-refractivity contribution in [1.82, 2.24) is 5.32 Å². The lowest BCUT2D eigenvalue weighted by molar-refractivity contribution is 0.0697. The van der Waals surface area contributed by atoms with E-state index >= 15 is 0 Å². The molecule has 0 unspecified atom stereocenters. The molecule has 2 aliphatic rings. The average molecular weight is 422 g/mol. The summed E-state index contributed by atoms with van der Waals surface area (Å²) in [4.78, 5) is 15.9. The molecule has 3 N–H and O–H groups in total. The molecule has 1 aliphatic heterocycles. The van der Waals surface area contributed by atoms with Crippen molar-refractivity contribution in [3.63, 3.8) is 0 Å². The Morgan fingerprint density at radius 1 is 1.15 bits per heavy atom. The standard InChI is InChI=1S/C21H16BrN3O2/c22-15-9-10-18-17(12-15)19(13-5-2-1-3-6-13)25-21(24-18)23-16-8-4-7-14(11-16)20(26)27/h1-12,18H,(H,26,27)(H2,23,24,25)/t18-/m1/s1. The van der Waals surface area contributed by atoms with Gasteiger partial charge in [-0.25, -0.2) is 9.79 Å². The Labute approximate surface area is 165 Å². The lowest BCUT2D eigenvalue weighted by atomic mass is 9.95. The van der Waals surface area contributed by atoms with Crippen molar-refractivity contribution in [2.45, 2.75) is 6.04 Å². The molecule has 1 heterocycles. The number of halogens is 1. The van der Waals surface area contributed by atoms with Gasteiger partial charge in [0.05, 0.1) is 17.3 Å². The van der Waals surface area contributed by atoms with E-state index in [2.05, 4.69) is 32.6 Å². The normalized spacial score (nSPS) is 18.2. The van der Waals surface area contributed by atoms with E-state index < -0.39 is 5.97 Å². The summed E-state index contributed by atoms with van der Waals surface area (Å²) >= 11 is 3.53. The van der Waals surface area contributed by atoms with Gasteiger partial charge in [-0.3, -0.25) is 0 Å². The van der Waals surface area contributed by atoms with Crippen LogP contribution in [0.2, 0.25) is 0 Å².